The van der Waals surface area contributed by atoms with Crippen molar-refractivity contribution in [3.8, 4) is 11.3 Å². The Balaban J connectivity index is 1.40. The van der Waals surface area contributed by atoms with Crippen LogP contribution < -0.4 is 11.1 Å². The van der Waals surface area contributed by atoms with E-state index in [0.717, 1.165) is 33.3 Å². The number of hydrogen-bond acceptors (Lipinski definition) is 6. The van der Waals surface area contributed by atoms with Gasteiger partial charge < -0.3 is 16.0 Å². The van der Waals surface area contributed by atoms with Crippen LogP contribution in [-0.4, -0.2) is 43.6 Å². The Hall–Kier alpha value is -3.94. The summed E-state index contributed by atoms with van der Waals surface area (Å²) >= 11 is 0. The third-order valence-electron chi connectivity index (χ3n) is 5.72. The molecule has 1 aliphatic heterocycles. The van der Waals surface area contributed by atoms with Crippen LogP contribution in [0.15, 0.2) is 55.0 Å². The molecule has 3 N–H and O–H groups in total. The van der Waals surface area contributed by atoms with E-state index in [9.17, 15) is 4.79 Å². The van der Waals surface area contributed by atoms with Gasteiger partial charge in [-0.15, -0.1) is 0 Å². The molecule has 4 heterocycles. The second kappa shape index (κ2) is 7.39. The number of benzene rings is 1. The van der Waals surface area contributed by atoms with Crippen molar-refractivity contribution >= 4 is 34.0 Å². The molecule has 1 saturated heterocycles. The highest BCUT2D eigenvalue weighted by atomic mass is 16.2. The average molecular weight is 413 g/mol. The molecule has 1 fully saturated rings. The van der Waals surface area contributed by atoms with Crippen LogP contribution in [0.2, 0.25) is 0 Å². The Morgan fingerprint density at radius 3 is 2.77 bits per heavy atom. The lowest BCUT2D eigenvalue weighted by atomic mass is 10.0. The fourth-order valence-corrected chi connectivity index (χ4v) is 3.87. The molecule has 0 saturated carbocycles. The molecule has 3 aromatic heterocycles. The van der Waals surface area contributed by atoms with Gasteiger partial charge in [0.05, 0.1) is 23.6 Å². The lowest BCUT2D eigenvalue weighted by molar-refractivity contribution is -0.134. The molecule has 0 unspecified atom stereocenters. The van der Waals surface area contributed by atoms with Crippen molar-refractivity contribution in [3.63, 3.8) is 0 Å². The molecule has 5 rings (SSSR count). The Morgan fingerprint density at radius 1 is 1.19 bits per heavy atom. The third-order valence-corrected chi connectivity index (χ3v) is 5.72. The number of carbonyl (C=O) groups is 1. The minimum atomic E-state index is 0.0981. The number of aryl methyl sites for hydroxylation is 1. The van der Waals surface area contributed by atoms with Gasteiger partial charge in [0.25, 0.3) is 0 Å². The standard InChI is InChI=1S/C23H23N7O/c1-14-5-3-4-6-19(14)21-7-16-8-22(25-10-20(16)23(24)28-21)27-17-9-26-30(11-17)18-12-29(13-18)15(2)31/h3-11,18H,12-13H2,1-2H3,(H2,24,28)(H,25,27). The molecule has 0 radical (unpaired) electrons. The minimum Gasteiger partial charge on any atom is -0.383 e. The fourth-order valence-electron chi connectivity index (χ4n) is 3.87. The third kappa shape index (κ3) is 3.56. The average Bonchev–Trinajstić information content (AvgIpc) is 3.14. The molecular formula is C23H23N7O. The van der Waals surface area contributed by atoms with Crippen molar-refractivity contribution in [3.05, 3.63) is 60.6 Å². The van der Waals surface area contributed by atoms with Crippen molar-refractivity contribution in [2.75, 3.05) is 24.1 Å². The van der Waals surface area contributed by atoms with Crippen molar-refractivity contribution in [2.24, 2.45) is 0 Å². The van der Waals surface area contributed by atoms with Crippen molar-refractivity contribution in [2.45, 2.75) is 19.9 Å². The summed E-state index contributed by atoms with van der Waals surface area (Å²) < 4.78 is 1.89. The van der Waals surface area contributed by atoms with Crippen LogP contribution in [0.1, 0.15) is 18.5 Å². The van der Waals surface area contributed by atoms with Gasteiger partial charge in [0.1, 0.15) is 11.6 Å². The summed E-state index contributed by atoms with van der Waals surface area (Å²) in [7, 11) is 0. The number of nitrogens with two attached hydrogens (primary N) is 1. The number of fused-ring (bicyclic) bond motifs is 1. The second-order valence-electron chi connectivity index (χ2n) is 7.91. The SMILES string of the molecule is CC(=O)N1CC(n2cc(Nc3cc4cc(-c5ccccc5C)nc(N)c4cn3)cn2)C1. The molecule has 8 nitrogen and oxygen atoms in total. The first kappa shape index (κ1) is 19.0. The van der Waals surface area contributed by atoms with Crippen molar-refractivity contribution in [1.29, 1.82) is 0 Å². The predicted molar refractivity (Wildman–Crippen MR) is 121 cm³/mol. The normalized spacial score (nSPS) is 13.9. The molecule has 8 heteroatoms. The highest BCUT2D eigenvalue weighted by molar-refractivity contribution is 5.94. The van der Waals surface area contributed by atoms with E-state index in [1.165, 1.54) is 0 Å². The molecule has 1 aromatic carbocycles. The van der Waals surface area contributed by atoms with Gasteiger partial charge in [-0.05, 0) is 30.0 Å². The first-order valence-corrected chi connectivity index (χ1v) is 10.2. The molecule has 0 atom stereocenters. The molecule has 4 aromatic rings. The highest BCUT2D eigenvalue weighted by Gasteiger charge is 2.30. The van der Waals surface area contributed by atoms with Gasteiger partial charge in [0.2, 0.25) is 5.91 Å². The summed E-state index contributed by atoms with van der Waals surface area (Å²) in [6, 6.07) is 12.3. The maximum atomic E-state index is 11.4. The van der Waals surface area contributed by atoms with Crippen LogP contribution in [0.3, 0.4) is 0 Å². The van der Waals surface area contributed by atoms with Crippen molar-refractivity contribution < 1.29 is 4.79 Å². The number of aromatic nitrogens is 4. The second-order valence-corrected chi connectivity index (χ2v) is 7.91. The number of amides is 1. The zero-order chi connectivity index (χ0) is 21.5. The molecule has 1 amide bonds. The molecule has 0 aliphatic carbocycles. The number of carbonyl (C=O) groups excluding carboxylic acids is 1. The van der Waals surface area contributed by atoms with Crippen LogP contribution in [0, 0.1) is 6.92 Å². The quantitative estimate of drug-likeness (QED) is 0.531. The number of nitrogen functional groups attached to an aromatic ring is 1. The van der Waals surface area contributed by atoms with Gasteiger partial charge in [-0.25, -0.2) is 9.97 Å². The first-order chi connectivity index (χ1) is 15.0. The summed E-state index contributed by atoms with van der Waals surface area (Å²) in [5, 5.41) is 9.52. The van der Waals surface area contributed by atoms with Crippen molar-refractivity contribution in [1.82, 2.24) is 24.6 Å². The Bertz CT molecular complexity index is 1290. The van der Waals surface area contributed by atoms with E-state index < -0.39 is 0 Å². The Morgan fingerprint density at radius 2 is 2.00 bits per heavy atom. The molecule has 0 bridgehead atoms. The number of nitrogens with zero attached hydrogens (tertiary/aromatic N) is 5. The summed E-state index contributed by atoms with van der Waals surface area (Å²) in [5.74, 6) is 1.26. The summed E-state index contributed by atoms with van der Waals surface area (Å²) in [6.07, 6.45) is 5.44. The maximum Gasteiger partial charge on any atom is 0.219 e. The predicted octanol–water partition coefficient (Wildman–Crippen LogP) is 3.53. The van der Waals surface area contributed by atoms with E-state index in [0.29, 0.717) is 24.7 Å². The highest BCUT2D eigenvalue weighted by Crippen LogP contribution is 2.30. The topological polar surface area (TPSA) is 102 Å². The van der Waals surface area contributed by atoms with Crippen LogP contribution in [0.5, 0.6) is 0 Å². The van der Waals surface area contributed by atoms with Crippen LogP contribution in [-0.2, 0) is 4.79 Å². The van der Waals surface area contributed by atoms with Gasteiger partial charge in [-0.1, -0.05) is 24.3 Å². The largest absolute Gasteiger partial charge is 0.383 e. The van der Waals surface area contributed by atoms with Gasteiger partial charge in [-0.2, -0.15) is 5.10 Å². The van der Waals surface area contributed by atoms with E-state index in [1.54, 1.807) is 24.2 Å². The van der Waals surface area contributed by atoms with E-state index in [2.05, 4.69) is 33.4 Å². The number of anilines is 3. The number of hydrogen-bond donors (Lipinski definition) is 2. The number of nitrogens with one attached hydrogen (secondary N) is 1. The zero-order valence-corrected chi connectivity index (χ0v) is 17.4. The lowest BCUT2D eigenvalue weighted by Crippen LogP contribution is -2.49. The van der Waals surface area contributed by atoms with Gasteiger partial charge in [0, 0.05) is 43.4 Å². The maximum absolute atomic E-state index is 11.4. The molecule has 1 aliphatic rings. The van der Waals surface area contributed by atoms with E-state index in [1.807, 2.05) is 41.2 Å². The van der Waals surface area contributed by atoms with Gasteiger partial charge in [0.15, 0.2) is 0 Å². The monoisotopic (exact) mass is 413 g/mol. The molecular weight excluding hydrogens is 390 g/mol. The van der Waals surface area contributed by atoms with E-state index >= 15 is 0 Å². The summed E-state index contributed by atoms with van der Waals surface area (Å²) in [4.78, 5) is 22.2. The van der Waals surface area contributed by atoms with Gasteiger partial charge >= 0.3 is 0 Å². The number of rotatable bonds is 4. The van der Waals surface area contributed by atoms with Gasteiger partial charge in [-0.3, -0.25) is 9.48 Å². The fraction of sp³-hybridized carbons (Fsp3) is 0.217. The first-order valence-electron chi connectivity index (χ1n) is 10.2. The molecule has 156 valence electrons. The lowest BCUT2D eigenvalue weighted by Gasteiger charge is -2.38. The number of pyridine rings is 2. The van der Waals surface area contributed by atoms with E-state index in [-0.39, 0.29) is 11.9 Å². The zero-order valence-electron chi connectivity index (χ0n) is 17.4. The Labute approximate surface area is 179 Å². The summed E-state index contributed by atoms with van der Waals surface area (Å²) in [5.41, 5.74) is 10.1. The van der Waals surface area contributed by atoms with Crippen LogP contribution in [0.4, 0.5) is 17.3 Å². The minimum absolute atomic E-state index is 0.0981. The summed E-state index contributed by atoms with van der Waals surface area (Å²) in [6.45, 7) is 5.04. The number of likely N-dealkylation sites (tertiary alicyclic amines) is 1. The smallest absolute Gasteiger partial charge is 0.219 e. The Kier molecular flexibility index (Phi) is 4.54. The van der Waals surface area contributed by atoms with E-state index in [4.69, 9.17) is 5.73 Å². The molecule has 0 spiro atoms. The van der Waals surface area contributed by atoms with Crippen LogP contribution >= 0.6 is 0 Å². The molecule has 31 heavy (non-hydrogen) atoms. The van der Waals surface area contributed by atoms with Crippen LogP contribution in [0.25, 0.3) is 22.0 Å².